The zero-order valence-corrected chi connectivity index (χ0v) is 12.3. The Morgan fingerprint density at radius 1 is 1.61 bits per heavy atom. The van der Waals surface area contributed by atoms with Crippen molar-refractivity contribution < 1.29 is 14.6 Å². The van der Waals surface area contributed by atoms with Gasteiger partial charge in [-0.3, -0.25) is 0 Å². The van der Waals surface area contributed by atoms with E-state index in [1.165, 1.54) is 14.0 Å². The Morgan fingerprint density at radius 3 is 2.83 bits per heavy atom. The summed E-state index contributed by atoms with van der Waals surface area (Å²) < 4.78 is 5.53. The molecule has 0 heterocycles. The Kier molecular flexibility index (Phi) is 5.31. The van der Waals surface area contributed by atoms with Crippen LogP contribution in [0.3, 0.4) is 0 Å². The minimum atomic E-state index is -1.52. The van der Waals surface area contributed by atoms with Gasteiger partial charge in [-0.25, -0.2) is 4.79 Å². The number of ether oxygens (including phenoxy) is 1. The number of esters is 1. The number of rotatable bonds is 5. The molecule has 1 unspecified atom stereocenters. The fourth-order valence-electron chi connectivity index (χ4n) is 1.54. The molecule has 0 bridgehead atoms. The van der Waals surface area contributed by atoms with E-state index in [1.54, 1.807) is 0 Å². The summed E-state index contributed by atoms with van der Waals surface area (Å²) >= 11 is 3.40. The summed E-state index contributed by atoms with van der Waals surface area (Å²) in [7, 11) is 1.26. The average Bonchev–Trinajstić information content (AvgIpc) is 2.35. The van der Waals surface area contributed by atoms with E-state index in [0.717, 1.165) is 10.0 Å². The summed E-state index contributed by atoms with van der Waals surface area (Å²) in [5, 5.41) is 13.0. The van der Waals surface area contributed by atoms with Crippen LogP contribution in [0.5, 0.6) is 0 Å². The van der Waals surface area contributed by atoms with Gasteiger partial charge in [0.15, 0.2) is 5.60 Å². The second kappa shape index (κ2) is 6.31. The zero-order valence-electron chi connectivity index (χ0n) is 10.7. The molecule has 0 spiro atoms. The number of halogens is 1. The summed E-state index contributed by atoms with van der Waals surface area (Å²) in [6.07, 6.45) is 0. The molecule has 100 valence electrons. The second-order valence-corrected chi connectivity index (χ2v) is 5.34. The fourth-order valence-corrected chi connectivity index (χ4v) is 1.95. The monoisotopic (exact) mass is 315 g/mol. The molecule has 1 aromatic carbocycles. The molecule has 4 nitrogen and oxygen atoms in total. The highest BCUT2D eigenvalue weighted by Gasteiger charge is 2.31. The highest BCUT2D eigenvalue weighted by atomic mass is 79.9. The van der Waals surface area contributed by atoms with Gasteiger partial charge in [-0.1, -0.05) is 28.1 Å². The van der Waals surface area contributed by atoms with Crippen LogP contribution < -0.4 is 5.32 Å². The minimum absolute atomic E-state index is 0.0265. The van der Waals surface area contributed by atoms with Crippen molar-refractivity contribution in [3.8, 4) is 0 Å². The number of benzene rings is 1. The molecule has 0 saturated carbocycles. The molecule has 2 atom stereocenters. The number of hydrogen-bond donors (Lipinski definition) is 2. The average molecular weight is 316 g/mol. The maximum Gasteiger partial charge on any atom is 0.338 e. The predicted molar refractivity (Wildman–Crippen MR) is 73.2 cm³/mol. The van der Waals surface area contributed by atoms with Crippen molar-refractivity contribution in [2.75, 3.05) is 13.7 Å². The molecule has 0 saturated heterocycles. The van der Waals surface area contributed by atoms with E-state index in [9.17, 15) is 9.90 Å². The van der Waals surface area contributed by atoms with Gasteiger partial charge in [0.1, 0.15) is 0 Å². The minimum Gasteiger partial charge on any atom is -0.467 e. The lowest BCUT2D eigenvalue weighted by Crippen LogP contribution is -2.46. The molecule has 0 aliphatic heterocycles. The van der Waals surface area contributed by atoms with Crippen LogP contribution in [0.25, 0.3) is 0 Å². The van der Waals surface area contributed by atoms with E-state index in [0.29, 0.717) is 0 Å². The van der Waals surface area contributed by atoms with E-state index in [-0.39, 0.29) is 12.6 Å². The van der Waals surface area contributed by atoms with Gasteiger partial charge in [0.2, 0.25) is 0 Å². The van der Waals surface area contributed by atoms with Crippen molar-refractivity contribution in [1.82, 2.24) is 5.32 Å². The van der Waals surface area contributed by atoms with E-state index < -0.39 is 11.6 Å². The fraction of sp³-hybridized carbons (Fsp3) is 0.462. The smallest absolute Gasteiger partial charge is 0.338 e. The standard InChI is InChI=1S/C13H18BrNO3/c1-9(10-5-4-6-11(14)7-10)15-8-13(2,17)12(16)18-3/h4-7,9,15,17H,8H2,1-3H3/t9-,13?/m0/s1. The van der Waals surface area contributed by atoms with Gasteiger partial charge < -0.3 is 15.2 Å². The zero-order chi connectivity index (χ0) is 13.8. The summed E-state index contributed by atoms with van der Waals surface area (Å²) in [5.74, 6) is -0.642. The highest BCUT2D eigenvalue weighted by Crippen LogP contribution is 2.18. The number of carbonyl (C=O) groups excluding carboxylic acids is 1. The Hall–Kier alpha value is -0.910. The molecule has 2 N–H and O–H groups in total. The van der Waals surface area contributed by atoms with Gasteiger partial charge in [0, 0.05) is 17.1 Å². The number of hydrogen-bond acceptors (Lipinski definition) is 4. The summed E-state index contributed by atoms with van der Waals surface area (Å²) in [4.78, 5) is 11.3. The van der Waals surface area contributed by atoms with E-state index in [2.05, 4.69) is 26.0 Å². The Morgan fingerprint density at radius 2 is 2.28 bits per heavy atom. The molecule has 0 aliphatic rings. The third-order valence-electron chi connectivity index (χ3n) is 2.73. The largest absolute Gasteiger partial charge is 0.467 e. The lowest BCUT2D eigenvalue weighted by atomic mass is 10.0. The van der Waals surface area contributed by atoms with Crippen LogP contribution in [0.15, 0.2) is 28.7 Å². The Balaban J connectivity index is 2.61. The van der Waals surface area contributed by atoms with Crippen LogP contribution >= 0.6 is 15.9 Å². The van der Waals surface area contributed by atoms with Crippen molar-refractivity contribution in [1.29, 1.82) is 0 Å². The van der Waals surface area contributed by atoms with Crippen LogP contribution in [0.1, 0.15) is 25.5 Å². The van der Waals surface area contributed by atoms with Crippen molar-refractivity contribution in [3.63, 3.8) is 0 Å². The summed E-state index contributed by atoms with van der Waals surface area (Å²) in [6.45, 7) is 3.53. The first-order valence-corrected chi connectivity index (χ1v) is 6.46. The van der Waals surface area contributed by atoms with Crippen LogP contribution in [-0.2, 0) is 9.53 Å². The van der Waals surface area contributed by atoms with Crippen molar-refractivity contribution >= 4 is 21.9 Å². The van der Waals surface area contributed by atoms with Crippen LogP contribution in [0.4, 0.5) is 0 Å². The van der Waals surface area contributed by atoms with Crippen molar-refractivity contribution in [2.24, 2.45) is 0 Å². The first kappa shape index (κ1) is 15.1. The molecule has 1 rings (SSSR count). The van der Waals surface area contributed by atoms with Crippen molar-refractivity contribution in [3.05, 3.63) is 34.3 Å². The predicted octanol–water partition coefficient (Wildman–Crippen LogP) is 2.02. The molecular weight excluding hydrogens is 298 g/mol. The first-order valence-electron chi connectivity index (χ1n) is 5.66. The Labute approximate surface area is 115 Å². The normalized spacial score (nSPS) is 15.8. The second-order valence-electron chi connectivity index (χ2n) is 4.42. The number of carbonyl (C=O) groups is 1. The number of aliphatic hydroxyl groups is 1. The first-order chi connectivity index (χ1) is 8.36. The van der Waals surface area contributed by atoms with Gasteiger partial charge in [0.25, 0.3) is 0 Å². The van der Waals surface area contributed by atoms with Gasteiger partial charge in [-0.15, -0.1) is 0 Å². The molecular formula is C13H18BrNO3. The third kappa shape index (κ3) is 4.08. The highest BCUT2D eigenvalue weighted by molar-refractivity contribution is 9.10. The van der Waals surface area contributed by atoms with E-state index in [1.807, 2.05) is 31.2 Å². The van der Waals surface area contributed by atoms with E-state index in [4.69, 9.17) is 0 Å². The van der Waals surface area contributed by atoms with E-state index >= 15 is 0 Å². The molecule has 0 amide bonds. The molecule has 0 aromatic heterocycles. The maximum atomic E-state index is 11.3. The Bertz CT molecular complexity index is 420. The molecule has 5 heteroatoms. The van der Waals surface area contributed by atoms with Crippen molar-refractivity contribution in [2.45, 2.75) is 25.5 Å². The van der Waals surface area contributed by atoms with Crippen LogP contribution in [-0.4, -0.2) is 30.3 Å². The third-order valence-corrected chi connectivity index (χ3v) is 3.22. The van der Waals surface area contributed by atoms with Gasteiger partial charge in [0.05, 0.1) is 7.11 Å². The topological polar surface area (TPSA) is 58.6 Å². The maximum absolute atomic E-state index is 11.3. The lowest BCUT2D eigenvalue weighted by molar-refractivity contribution is -0.160. The molecule has 0 fully saturated rings. The lowest BCUT2D eigenvalue weighted by Gasteiger charge is -2.23. The summed E-state index contributed by atoms with van der Waals surface area (Å²) in [5.41, 5.74) is -0.445. The summed E-state index contributed by atoms with van der Waals surface area (Å²) in [6, 6.07) is 7.88. The SMILES string of the molecule is COC(=O)C(C)(O)CN[C@@H](C)c1cccc(Br)c1. The molecule has 1 aromatic rings. The van der Waals surface area contributed by atoms with Gasteiger partial charge >= 0.3 is 5.97 Å². The van der Waals surface area contributed by atoms with Gasteiger partial charge in [-0.2, -0.15) is 0 Å². The number of methoxy groups -OCH3 is 1. The van der Waals surface area contributed by atoms with Crippen LogP contribution in [0, 0.1) is 0 Å². The van der Waals surface area contributed by atoms with Crippen LogP contribution in [0.2, 0.25) is 0 Å². The number of nitrogens with one attached hydrogen (secondary N) is 1. The van der Waals surface area contributed by atoms with Gasteiger partial charge in [-0.05, 0) is 31.5 Å². The quantitative estimate of drug-likeness (QED) is 0.816. The molecule has 18 heavy (non-hydrogen) atoms. The molecule has 0 aliphatic carbocycles. The molecule has 0 radical (unpaired) electrons.